The normalized spacial score (nSPS) is 17.4. The van der Waals surface area contributed by atoms with Crippen LogP contribution in [0.4, 0.5) is 4.79 Å². The Hall–Kier alpha value is -2.83. The fourth-order valence-corrected chi connectivity index (χ4v) is 4.55. The van der Waals surface area contributed by atoms with E-state index in [9.17, 15) is 9.59 Å². The summed E-state index contributed by atoms with van der Waals surface area (Å²) in [5, 5.41) is 4.82. The van der Waals surface area contributed by atoms with Crippen molar-refractivity contribution in [1.82, 2.24) is 14.7 Å². The van der Waals surface area contributed by atoms with E-state index in [4.69, 9.17) is 14.6 Å². The van der Waals surface area contributed by atoms with Gasteiger partial charge in [-0.15, -0.1) is 0 Å². The minimum absolute atomic E-state index is 0.175. The van der Waals surface area contributed by atoms with Crippen LogP contribution in [-0.2, 0) is 9.47 Å². The molecule has 1 spiro atoms. The summed E-state index contributed by atoms with van der Waals surface area (Å²) in [6, 6.07) is 9.76. The highest BCUT2D eigenvalue weighted by molar-refractivity contribution is 5.89. The number of nitrogens with zero attached hydrogens (tertiary/aromatic N) is 3. The molecule has 1 aliphatic heterocycles. The van der Waals surface area contributed by atoms with Gasteiger partial charge in [0.2, 0.25) is 0 Å². The molecule has 4 rings (SSSR count). The van der Waals surface area contributed by atoms with Crippen LogP contribution in [0.5, 0.6) is 0 Å². The summed E-state index contributed by atoms with van der Waals surface area (Å²) in [6.07, 6.45) is 3.84. The fourth-order valence-electron chi connectivity index (χ4n) is 4.55. The second kappa shape index (κ2) is 8.13. The molecule has 2 fully saturated rings. The lowest BCUT2D eigenvalue weighted by atomic mass is 9.61. The third kappa shape index (κ3) is 3.80. The number of esters is 1. The number of benzene rings is 1. The summed E-state index contributed by atoms with van der Waals surface area (Å²) in [4.78, 5) is 25.5. The van der Waals surface area contributed by atoms with Crippen molar-refractivity contribution in [2.75, 3.05) is 26.8 Å². The van der Waals surface area contributed by atoms with E-state index in [0.717, 1.165) is 55.7 Å². The van der Waals surface area contributed by atoms with Gasteiger partial charge in [-0.05, 0) is 44.4 Å². The maximum Gasteiger partial charge on any atom is 0.409 e. The number of methoxy groups -OCH3 is 1. The van der Waals surface area contributed by atoms with Crippen LogP contribution in [0.2, 0.25) is 0 Å². The molecule has 2 heterocycles. The van der Waals surface area contributed by atoms with Gasteiger partial charge in [-0.3, -0.25) is 4.68 Å². The molecule has 7 heteroatoms. The predicted molar refractivity (Wildman–Crippen MR) is 112 cm³/mol. The minimum Gasteiger partial charge on any atom is -0.465 e. The number of unbranched alkanes of at least 4 members (excludes halogenated alkanes) is 1. The molecule has 0 N–H and O–H groups in total. The molecular weight excluding hydrogens is 382 g/mol. The van der Waals surface area contributed by atoms with E-state index in [1.165, 1.54) is 7.11 Å². The molecule has 0 radical (unpaired) electrons. The Morgan fingerprint density at radius 3 is 2.53 bits per heavy atom. The fraction of sp³-hybridized carbons (Fsp3) is 0.522. The molecule has 2 aliphatic rings. The number of hydrogen-bond acceptors (Lipinski definition) is 5. The number of aryl methyl sites for hydroxylation is 1. The number of rotatable bonds is 6. The third-order valence-corrected chi connectivity index (χ3v) is 6.24. The highest BCUT2D eigenvalue weighted by atomic mass is 16.6. The van der Waals surface area contributed by atoms with Crippen molar-refractivity contribution in [3.05, 3.63) is 41.6 Å². The van der Waals surface area contributed by atoms with Crippen LogP contribution in [-0.4, -0.2) is 53.5 Å². The number of amides is 1. The van der Waals surface area contributed by atoms with Gasteiger partial charge in [0.1, 0.15) is 0 Å². The Morgan fingerprint density at radius 2 is 1.90 bits per heavy atom. The SMILES string of the molecule is CCCCOC(=O)N1CC2(CC(n3nc(-c4ccc(C(=O)OC)cc4)cc3C)C2)C1. The molecule has 0 unspecified atom stereocenters. The van der Waals surface area contributed by atoms with Gasteiger partial charge >= 0.3 is 12.1 Å². The van der Waals surface area contributed by atoms with E-state index in [0.29, 0.717) is 18.2 Å². The van der Waals surface area contributed by atoms with Gasteiger partial charge in [0.25, 0.3) is 0 Å². The molecule has 0 atom stereocenters. The van der Waals surface area contributed by atoms with E-state index in [1.54, 1.807) is 12.1 Å². The van der Waals surface area contributed by atoms with Crippen LogP contribution >= 0.6 is 0 Å². The average Bonchev–Trinajstić information content (AvgIpc) is 3.07. The maximum absolute atomic E-state index is 12.0. The zero-order valence-electron chi connectivity index (χ0n) is 17.9. The Kier molecular flexibility index (Phi) is 5.54. The van der Waals surface area contributed by atoms with Crippen molar-refractivity contribution >= 4 is 12.1 Å². The Balaban J connectivity index is 1.34. The van der Waals surface area contributed by atoms with Crippen LogP contribution in [0, 0.1) is 12.3 Å². The lowest BCUT2D eigenvalue weighted by Gasteiger charge is -2.58. The Labute approximate surface area is 177 Å². The molecule has 30 heavy (non-hydrogen) atoms. The lowest BCUT2D eigenvalue weighted by molar-refractivity contribution is -0.0825. The van der Waals surface area contributed by atoms with Crippen molar-refractivity contribution in [2.45, 2.75) is 45.6 Å². The summed E-state index contributed by atoms with van der Waals surface area (Å²) < 4.78 is 12.2. The number of ether oxygens (including phenoxy) is 2. The molecule has 2 aromatic rings. The smallest absolute Gasteiger partial charge is 0.409 e. The van der Waals surface area contributed by atoms with Gasteiger partial charge in [-0.25, -0.2) is 9.59 Å². The second-order valence-electron chi connectivity index (χ2n) is 8.57. The zero-order valence-corrected chi connectivity index (χ0v) is 17.9. The number of carbonyl (C=O) groups is 2. The summed E-state index contributed by atoms with van der Waals surface area (Å²) >= 11 is 0. The van der Waals surface area contributed by atoms with Crippen molar-refractivity contribution in [2.24, 2.45) is 5.41 Å². The molecule has 160 valence electrons. The number of hydrogen-bond donors (Lipinski definition) is 0. The monoisotopic (exact) mass is 411 g/mol. The highest BCUT2D eigenvalue weighted by Crippen LogP contribution is 2.54. The topological polar surface area (TPSA) is 73.7 Å². The summed E-state index contributed by atoms with van der Waals surface area (Å²) in [5.74, 6) is -0.341. The number of carbonyl (C=O) groups excluding carboxylic acids is 2. The van der Waals surface area contributed by atoms with Crippen LogP contribution in [0.25, 0.3) is 11.3 Å². The lowest BCUT2D eigenvalue weighted by Crippen LogP contribution is -2.64. The van der Waals surface area contributed by atoms with E-state index in [1.807, 2.05) is 17.0 Å². The van der Waals surface area contributed by atoms with Gasteiger partial charge in [-0.2, -0.15) is 5.10 Å². The molecule has 1 aliphatic carbocycles. The summed E-state index contributed by atoms with van der Waals surface area (Å²) in [6.45, 7) is 6.24. The first-order valence-corrected chi connectivity index (χ1v) is 10.6. The van der Waals surface area contributed by atoms with Gasteiger partial charge in [0, 0.05) is 29.8 Å². The van der Waals surface area contributed by atoms with Gasteiger partial charge in [-0.1, -0.05) is 25.5 Å². The van der Waals surface area contributed by atoms with E-state index >= 15 is 0 Å². The second-order valence-corrected chi connectivity index (χ2v) is 8.57. The van der Waals surface area contributed by atoms with Crippen LogP contribution in [0.15, 0.2) is 30.3 Å². The van der Waals surface area contributed by atoms with Crippen LogP contribution < -0.4 is 0 Å². The van der Waals surface area contributed by atoms with Crippen molar-refractivity contribution < 1.29 is 19.1 Å². The van der Waals surface area contributed by atoms with E-state index in [2.05, 4.69) is 24.6 Å². The first-order chi connectivity index (χ1) is 14.4. The molecule has 7 nitrogen and oxygen atoms in total. The largest absolute Gasteiger partial charge is 0.465 e. The van der Waals surface area contributed by atoms with Crippen LogP contribution in [0.1, 0.15) is 54.7 Å². The first-order valence-electron chi connectivity index (χ1n) is 10.6. The van der Waals surface area contributed by atoms with Crippen molar-refractivity contribution in [3.8, 4) is 11.3 Å². The van der Waals surface area contributed by atoms with E-state index in [-0.39, 0.29) is 17.5 Å². The molecular formula is C23H29N3O4. The number of likely N-dealkylation sites (tertiary alicyclic amines) is 1. The van der Waals surface area contributed by atoms with Gasteiger partial charge in [0.15, 0.2) is 0 Å². The van der Waals surface area contributed by atoms with Gasteiger partial charge in [0.05, 0.1) is 31.0 Å². The molecule has 1 amide bonds. The van der Waals surface area contributed by atoms with Crippen LogP contribution in [0.3, 0.4) is 0 Å². The average molecular weight is 412 g/mol. The molecule has 0 bridgehead atoms. The molecule has 1 aromatic heterocycles. The quantitative estimate of drug-likeness (QED) is 0.526. The number of aromatic nitrogens is 2. The standard InChI is InChI=1S/C23H29N3O4/c1-4-5-10-30-22(28)25-14-23(15-25)12-19(13-23)26-16(2)11-20(24-26)17-6-8-18(9-7-17)21(27)29-3/h6-9,11,19H,4-5,10,12-15H2,1-3H3. The predicted octanol–water partition coefficient (Wildman–Crippen LogP) is 4.22. The minimum atomic E-state index is -0.341. The van der Waals surface area contributed by atoms with Gasteiger partial charge < -0.3 is 14.4 Å². The highest BCUT2D eigenvalue weighted by Gasteiger charge is 2.55. The third-order valence-electron chi connectivity index (χ3n) is 6.24. The Bertz CT molecular complexity index is 920. The first kappa shape index (κ1) is 20.4. The molecule has 1 aromatic carbocycles. The maximum atomic E-state index is 12.0. The zero-order chi connectivity index (χ0) is 21.3. The summed E-state index contributed by atoms with van der Waals surface area (Å²) in [5.41, 5.74) is 3.76. The molecule has 1 saturated carbocycles. The van der Waals surface area contributed by atoms with E-state index < -0.39 is 0 Å². The van der Waals surface area contributed by atoms with Crippen molar-refractivity contribution in [1.29, 1.82) is 0 Å². The van der Waals surface area contributed by atoms with Crippen molar-refractivity contribution in [3.63, 3.8) is 0 Å². The summed E-state index contributed by atoms with van der Waals surface area (Å²) in [7, 11) is 1.38. The molecule has 1 saturated heterocycles. The Morgan fingerprint density at radius 1 is 1.20 bits per heavy atom.